The summed E-state index contributed by atoms with van der Waals surface area (Å²) in [6, 6.07) is 16.1. The number of ketones is 1. The van der Waals surface area contributed by atoms with Crippen LogP contribution in [0.2, 0.25) is 0 Å². The van der Waals surface area contributed by atoms with Crippen LogP contribution in [0, 0.1) is 0 Å². The molecule has 1 aliphatic rings. The molecule has 27 heavy (non-hydrogen) atoms. The van der Waals surface area contributed by atoms with Crippen LogP contribution in [-0.2, 0) is 4.79 Å². The molecule has 0 aromatic heterocycles. The van der Waals surface area contributed by atoms with E-state index in [1.807, 2.05) is 23.1 Å². The summed E-state index contributed by atoms with van der Waals surface area (Å²) in [4.78, 5) is 26.6. The van der Waals surface area contributed by atoms with Gasteiger partial charge in [0.25, 0.3) is 5.91 Å². The van der Waals surface area contributed by atoms with E-state index < -0.39 is 0 Å². The van der Waals surface area contributed by atoms with Crippen molar-refractivity contribution in [2.75, 3.05) is 19.7 Å². The van der Waals surface area contributed by atoms with E-state index in [2.05, 4.69) is 0 Å². The summed E-state index contributed by atoms with van der Waals surface area (Å²) >= 11 is 0. The van der Waals surface area contributed by atoms with Crippen LogP contribution >= 0.6 is 12.4 Å². The van der Waals surface area contributed by atoms with Gasteiger partial charge in [0, 0.05) is 30.3 Å². The molecular formula is C21H25ClN2O3. The Morgan fingerprint density at radius 2 is 1.67 bits per heavy atom. The Bertz CT molecular complexity index is 750. The first-order valence-electron chi connectivity index (χ1n) is 9.01. The van der Waals surface area contributed by atoms with E-state index in [4.69, 9.17) is 10.5 Å². The lowest BCUT2D eigenvalue weighted by atomic mass is 10.0. The maximum atomic E-state index is 12.4. The number of halogens is 1. The van der Waals surface area contributed by atoms with E-state index in [0.717, 1.165) is 25.8 Å². The fraction of sp³-hybridized carbons (Fsp3) is 0.333. The standard InChI is InChI=1S/C21H24N2O3.ClH/c22-14-18-8-4-5-13-23(18)20(24)15-26-19-11-9-17(10-12-19)21(25)16-6-2-1-3-7-16;/h1-3,6-7,9-12,18H,4-5,8,13-15,22H2;1H. The molecule has 3 rings (SSSR count). The van der Waals surface area contributed by atoms with Crippen molar-refractivity contribution in [3.8, 4) is 5.75 Å². The molecule has 5 nitrogen and oxygen atoms in total. The minimum absolute atomic E-state index is 0. The summed E-state index contributed by atoms with van der Waals surface area (Å²) in [6.45, 7) is 1.22. The van der Waals surface area contributed by atoms with Crippen LogP contribution in [-0.4, -0.2) is 42.3 Å². The second-order valence-corrected chi connectivity index (χ2v) is 6.48. The summed E-state index contributed by atoms with van der Waals surface area (Å²) in [5, 5.41) is 0. The first-order chi connectivity index (χ1) is 12.7. The van der Waals surface area contributed by atoms with Crippen LogP contribution < -0.4 is 10.5 Å². The van der Waals surface area contributed by atoms with Crippen molar-refractivity contribution in [1.82, 2.24) is 4.90 Å². The maximum absolute atomic E-state index is 12.4. The number of carbonyl (C=O) groups is 2. The maximum Gasteiger partial charge on any atom is 0.260 e. The van der Waals surface area contributed by atoms with Crippen LogP contribution in [0.3, 0.4) is 0 Å². The molecule has 1 amide bonds. The van der Waals surface area contributed by atoms with Gasteiger partial charge in [0.1, 0.15) is 5.75 Å². The molecule has 0 saturated carbocycles. The summed E-state index contributed by atoms with van der Waals surface area (Å²) in [6.07, 6.45) is 3.08. The van der Waals surface area contributed by atoms with Gasteiger partial charge in [0.2, 0.25) is 0 Å². The smallest absolute Gasteiger partial charge is 0.260 e. The first kappa shape index (κ1) is 20.9. The quantitative estimate of drug-likeness (QED) is 0.772. The molecule has 2 aromatic rings. The van der Waals surface area contributed by atoms with Crippen LogP contribution in [0.4, 0.5) is 0 Å². The third-order valence-electron chi connectivity index (χ3n) is 4.73. The SMILES string of the molecule is Cl.NCC1CCCCN1C(=O)COc1ccc(C(=O)c2ccccc2)cc1. The van der Waals surface area contributed by atoms with Crippen molar-refractivity contribution in [2.45, 2.75) is 25.3 Å². The van der Waals surface area contributed by atoms with Gasteiger partial charge < -0.3 is 15.4 Å². The van der Waals surface area contributed by atoms with Gasteiger partial charge in [-0.05, 0) is 43.5 Å². The molecule has 1 saturated heterocycles. The molecule has 1 heterocycles. The minimum Gasteiger partial charge on any atom is -0.484 e. The zero-order chi connectivity index (χ0) is 18.4. The molecule has 1 aliphatic heterocycles. The predicted molar refractivity (Wildman–Crippen MR) is 107 cm³/mol. The van der Waals surface area contributed by atoms with E-state index in [9.17, 15) is 9.59 Å². The third kappa shape index (κ3) is 5.31. The van der Waals surface area contributed by atoms with E-state index in [0.29, 0.717) is 23.4 Å². The number of ether oxygens (including phenoxy) is 1. The number of carbonyl (C=O) groups excluding carboxylic acids is 2. The summed E-state index contributed by atoms with van der Waals surface area (Å²) in [5.74, 6) is 0.501. The number of piperidine rings is 1. The molecule has 144 valence electrons. The van der Waals surface area contributed by atoms with E-state index in [1.54, 1.807) is 36.4 Å². The Kier molecular flexibility index (Phi) is 7.82. The minimum atomic E-state index is -0.0374. The Morgan fingerprint density at radius 1 is 1.00 bits per heavy atom. The zero-order valence-electron chi connectivity index (χ0n) is 15.2. The number of rotatable bonds is 6. The van der Waals surface area contributed by atoms with Crippen LogP contribution in [0.1, 0.15) is 35.2 Å². The van der Waals surface area contributed by atoms with Gasteiger partial charge in [-0.15, -0.1) is 12.4 Å². The van der Waals surface area contributed by atoms with Crippen LogP contribution in [0.15, 0.2) is 54.6 Å². The summed E-state index contributed by atoms with van der Waals surface area (Å²) in [7, 11) is 0. The van der Waals surface area contributed by atoms with E-state index in [1.165, 1.54) is 0 Å². The zero-order valence-corrected chi connectivity index (χ0v) is 16.0. The van der Waals surface area contributed by atoms with Gasteiger partial charge in [-0.1, -0.05) is 30.3 Å². The highest BCUT2D eigenvalue weighted by atomic mass is 35.5. The van der Waals surface area contributed by atoms with Crippen molar-refractivity contribution < 1.29 is 14.3 Å². The van der Waals surface area contributed by atoms with Crippen molar-refractivity contribution >= 4 is 24.1 Å². The van der Waals surface area contributed by atoms with E-state index in [-0.39, 0.29) is 36.7 Å². The fourth-order valence-electron chi connectivity index (χ4n) is 3.26. The molecule has 2 aromatic carbocycles. The van der Waals surface area contributed by atoms with Crippen LogP contribution in [0.5, 0.6) is 5.75 Å². The molecule has 0 radical (unpaired) electrons. The van der Waals surface area contributed by atoms with Crippen molar-refractivity contribution in [1.29, 1.82) is 0 Å². The molecule has 1 atom stereocenters. The highest BCUT2D eigenvalue weighted by Gasteiger charge is 2.25. The summed E-state index contributed by atoms with van der Waals surface area (Å²) < 4.78 is 5.61. The lowest BCUT2D eigenvalue weighted by Gasteiger charge is -2.34. The number of hydrogen-bond donors (Lipinski definition) is 1. The topological polar surface area (TPSA) is 72.6 Å². The highest BCUT2D eigenvalue weighted by Crippen LogP contribution is 2.18. The first-order valence-corrected chi connectivity index (χ1v) is 9.01. The molecule has 0 spiro atoms. The van der Waals surface area contributed by atoms with Gasteiger partial charge in [-0.25, -0.2) is 0 Å². The second kappa shape index (κ2) is 10.1. The Balaban J connectivity index is 0.00000261. The number of amides is 1. The number of hydrogen-bond acceptors (Lipinski definition) is 4. The van der Waals surface area contributed by atoms with Crippen LogP contribution in [0.25, 0.3) is 0 Å². The summed E-state index contributed by atoms with van der Waals surface area (Å²) in [5.41, 5.74) is 7.00. The predicted octanol–water partition coefficient (Wildman–Crippen LogP) is 3.06. The number of benzene rings is 2. The lowest BCUT2D eigenvalue weighted by Crippen LogP contribution is -2.49. The molecule has 0 bridgehead atoms. The third-order valence-corrected chi connectivity index (χ3v) is 4.73. The average molecular weight is 389 g/mol. The molecular weight excluding hydrogens is 364 g/mol. The molecule has 0 aliphatic carbocycles. The lowest BCUT2D eigenvalue weighted by molar-refractivity contribution is -0.136. The molecule has 6 heteroatoms. The number of nitrogens with two attached hydrogens (primary N) is 1. The van der Waals surface area contributed by atoms with Gasteiger partial charge in [-0.2, -0.15) is 0 Å². The fourth-order valence-corrected chi connectivity index (χ4v) is 3.26. The highest BCUT2D eigenvalue weighted by molar-refractivity contribution is 6.08. The van der Waals surface area contributed by atoms with Crippen molar-refractivity contribution in [2.24, 2.45) is 5.73 Å². The van der Waals surface area contributed by atoms with Gasteiger partial charge >= 0.3 is 0 Å². The second-order valence-electron chi connectivity index (χ2n) is 6.48. The number of likely N-dealkylation sites (tertiary alicyclic amines) is 1. The molecule has 2 N–H and O–H groups in total. The largest absolute Gasteiger partial charge is 0.484 e. The van der Waals surface area contributed by atoms with Gasteiger partial charge in [0.15, 0.2) is 12.4 Å². The van der Waals surface area contributed by atoms with Gasteiger partial charge in [0.05, 0.1) is 0 Å². The van der Waals surface area contributed by atoms with Crippen molar-refractivity contribution in [3.63, 3.8) is 0 Å². The average Bonchev–Trinajstić information content (AvgIpc) is 2.72. The van der Waals surface area contributed by atoms with E-state index >= 15 is 0 Å². The number of nitrogens with zero attached hydrogens (tertiary/aromatic N) is 1. The van der Waals surface area contributed by atoms with Gasteiger partial charge in [-0.3, -0.25) is 9.59 Å². The van der Waals surface area contributed by atoms with Crippen molar-refractivity contribution in [3.05, 3.63) is 65.7 Å². The normalized spacial score (nSPS) is 16.3. The Hall–Kier alpha value is -2.37. The molecule has 1 fully saturated rings. The Labute approximate surface area is 165 Å². The molecule has 1 unspecified atom stereocenters. The monoisotopic (exact) mass is 388 g/mol. The Morgan fingerprint density at radius 3 is 2.33 bits per heavy atom.